The number of nitrogens with zero attached hydrogens (tertiary/aromatic N) is 2. The highest BCUT2D eigenvalue weighted by molar-refractivity contribution is 14.0. The van der Waals surface area contributed by atoms with Crippen molar-refractivity contribution in [2.24, 2.45) is 4.99 Å². The van der Waals surface area contributed by atoms with Gasteiger partial charge in [-0.15, -0.1) is 35.3 Å². The molecule has 0 atom stereocenters. The van der Waals surface area contributed by atoms with E-state index in [-0.39, 0.29) is 42.1 Å². The van der Waals surface area contributed by atoms with Crippen molar-refractivity contribution in [1.29, 1.82) is 0 Å². The molecule has 1 saturated heterocycles. The maximum atomic E-state index is 13.3. The number of alkyl halides is 3. The van der Waals surface area contributed by atoms with Crippen LogP contribution in [0.1, 0.15) is 30.9 Å². The second-order valence-electron chi connectivity index (χ2n) is 6.85. The lowest BCUT2D eigenvalue weighted by atomic mass is 10.1. The maximum Gasteiger partial charge on any atom is 0.416 e. The van der Waals surface area contributed by atoms with Crippen molar-refractivity contribution in [1.82, 2.24) is 10.6 Å². The second kappa shape index (κ2) is 11.2. The first kappa shape index (κ1) is 24.7. The summed E-state index contributed by atoms with van der Waals surface area (Å²) in [5.41, 5.74) is -1.04. The molecule has 0 unspecified atom stereocenters. The van der Waals surface area contributed by atoms with Crippen molar-refractivity contribution >= 4 is 46.3 Å². The van der Waals surface area contributed by atoms with Gasteiger partial charge in [-0.1, -0.05) is 6.07 Å². The Balaban J connectivity index is 0.00000320. The Hall–Kier alpha value is -1.56. The fourth-order valence-electron chi connectivity index (χ4n) is 3.32. The average molecular weight is 556 g/mol. The summed E-state index contributed by atoms with van der Waals surface area (Å²) in [5, 5.41) is 9.71. The van der Waals surface area contributed by atoms with Crippen molar-refractivity contribution in [3.05, 3.63) is 52.7 Å². The molecule has 1 aromatic carbocycles. The monoisotopic (exact) mass is 556 g/mol. The van der Waals surface area contributed by atoms with Gasteiger partial charge in [0.1, 0.15) is 5.82 Å². The Kier molecular flexibility index (Phi) is 9.20. The van der Waals surface area contributed by atoms with Crippen LogP contribution in [-0.4, -0.2) is 31.6 Å². The zero-order chi connectivity index (χ0) is 20.9. The van der Waals surface area contributed by atoms with Gasteiger partial charge in [0.25, 0.3) is 0 Å². The van der Waals surface area contributed by atoms with E-state index in [1.165, 1.54) is 5.00 Å². The molecule has 30 heavy (non-hydrogen) atoms. The number of rotatable bonds is 5. The molecule has 1 aliphatic heterocycles. The third-order valence-corrected chi connectivity index (χ3v) is 5.71. The van der Waals surface area contributed by atoms with Crippen LogP contribution in [0.5, 0.6) is 0 Å². The van der Waals surface area contributed by atoms with Gasteiger partial charge in [-0.05, 0) is 55.0 Å². The molecule has 166 valence electrons. The number of hydrogen-bond acceptors (Lipinski definition) is 3. The Bertz CT molecular complexity index is 819. The lowest BCUT2D eigenvalue weighted by Gasteiger charge is -2.33. The van der Waals surface area contributed by atoms with Gasteiger partial charge in [-0.3, -0.25) is 0 Å². The van der Waals surface area contributed by atoms with E-state index in [2.05, 4.69) is 32.0 Å². The summed E-state index contributed by atoms with van der Waals surface area (Å²) in [6, 6.07) is 7.02. The maximum absolute atomic E-state index is 13.3. The number of aliphatic imine (C=N–C) groups is 1. The quantitative estimate of drug-likeness (QED) is 0.229. The van der Waals surface area contributed by atoms with Crippen LogP contribution >= 0.6 is 35.3 Å². The van der Waals surface area contributed by atoms with Crippen LogP contribution in [0.3, 0.4) is 0 Å². The molecular weight excluding hydrogens is 531 g/mol. The molecule has 0 aliphatic carbocycles. The van der Waals surface area contributed by atoms with Gasteiger partial charge in [0, 0.05) is 25.7 Å². The van der Waals surface area contributed by atoms with Gasteiger partial charge in [-0.25, -0.2) is 9.38 Å². The van der Waals surface area contributed by atoms with E-state index in [1.807, 2.05) is 13.0 Å². The highest BCUT2D eigenvalue weighted by Gasteiger charge is 2.33. The molecule has 10 heteroatoms. The van der Waals surface area contributed by atoms with Gasteiger partial charge in [-0.2, -0.15) is 13.2 Å². The molecule has 1 aliphatic rings. The Labute approximate surface area is 194 Å². The number of hydrogen-bond donors (Lipinski definition) is 2. The second-order valence-corrected chi connectivity index (χ2v) is 7.78. The van der Waals surface area contributed by atoms with Crippen molar-refractivity contribution in [2.75, 3.05) is 24.5 Å². The van der Waals surface area contributed by atoms with E-state index < -0.39 is 17.6 Å². The molecule has 0 radical (unpaired) electrons. The molecule has 2 N–H and O–H groups in total. The van der Waals surface area contributed by atoms with Crippen LogP contribution in [0.4, 0.5) is 22.6 Å². The van der Waals surface area contributed by atoms with Crippen LogP contribution in [0.25, 0.3) is 0 Å². The predicted octanol–water partition coefficient (Wildman–Crippen LogP) is 5.25. The highest BCUT2D eigenvalue weighted by Crippen LogP contribution is 2.33. The number of benzene rings is 1. The van der Waals surface area contributed by atoms with E-state index >= 15 is 0 Å². The minimum absolute atomic E-state index is 0. The molecule has 2 heterocycles. The van der Waals surface area contributed by atoms with E-state index in [4.69, 9.17) is 0 Å². The SMILES string of the molecule is CCNC(=NCc1ccc(F)cc1C(F)(F)F)NC1CCN(c2cccs2)CC1.I. The van der Waals surface area contributed by atoms with Gasteiger partial charge < -0.3 is 15.5 Å². The predicted molar refractivity (Wildman–Crippen MR) is 124 cm³/mol. The third-order valence-electron chi connectivity index (χ3n) is 4.78. The smallest absolute Gasteiger partial charge is 0.363 e. The third kappa shape index (κ3) is 6.73. The van der Waals surface area contributed by atoms with Crippen LogP contribution < -0.4 is 15.5 Å². The van der Waals surface area contributed by atoms with Crippen LogP contribution in [0, 0.1) is 5.82 Å². The number of anilines is 1. The molecule has 1 fully saturated rings. The zero-order valence-electron chi connectivity index (χ0n) is 16.5. The summed E-state index contributed by atoms with van der Waals surface area (Å²) < 4.78 is 52.8. The first-order valence-corrected chi connectivity index (χ1v) is 10.4. The van der Waals surface area contributed by atoms with Crippen molar-refractivity contribution in [2.45, 2.75) is 38.5 Å². The molecule has 4 nitrogen and oxygen atoms in total. The van der Waals surface area contributed by atoms with Gasteiger partial charge in [0.05, 0.1) is 17.1 Å². The summed E-state index contributed by atoms with van der Waals surface area (Å²) in [4.78, 5) is 6.65. The number of thiophene rings is 1. The molecule has 2 aromatic rings. The highest BCUT2D eigenvalue weighted by atomic mass is 127. The molecule has 0 amide bonds. The standard InChI is InChI=1S/C20H24F4N4S.HI/c1-2-25-19(26-13-14-5-6-15(21)12-17(14)20(22,23)24)27-16-7-9-28(10-8-16)18-4-3-11-29-18;/h3-6,11-12,16H,2,7-10,13H2,1H3,(H2,25,26,27);1H. The lowest BCUT2D eigenvalue weighted by Crippen LogP contribution is -2.48. The van der Waals surface area contributed by atoms with Crippen LogP contribution in [-0.2, 0) is 12.7 Å². The summed E-state index contributed by atoms with van der Waals surface area (Å²) in [7, 11) is 0. The first-order valence-electron chi connectivity index (χ1n) is 9.55. The van der Waals surface area contributed by atoms with Crippen LogP contribution in [0.15, 0.2) is 40.7 Å². The van der Waals surface area contributed by atoms with E-state index in [0.717, 1.165) is 38.1 Å². The molecule has 0 spiro atoms. The summed E-state index contributed by atoms with van der Waals surface area (Å²) in [5.74, 6) is -0.438. The molecule has 3 rings (SSSR count). The lowest BCUT2D eigenvalue weighted by molar-refractivity contribution is -0.138. The number of guanidine groups is 1. The topological polar surface area (TPSA) is 39.7 Å². The minimum atomic E-state index is -4.62. The fraction of sp³-hybridized carbons (Fsp3) is 0.450. The molecule has 0 bridgehead atoms. The van der Waals surface area contributed by atoms with E-state index in [9.17, 15) is 17.6 Å². The number of nitrogens with one attached hydrogen (secondary N) is 2. The Morgan fingerprint density at radius 2 is 1.97 bits per heavy atom. The van der Waals surface area contributed by atoms with E-state index in [1.54, 1.807) is 11.3 Å². The number of piperidine rings is 1. The molecule has 0 saturated carbocycles. The largest absolute Gasteiger partial charge is 0.416 e. The summed E-state index contributed by atoms with van der Waals surface area (Å²) >= 11 is 1.71. The Morgan fingerprint density at radius 3 is 2.57 bits per heavy atom. The van der Waals surface area contributed by atoms with Crippen molar-refractivity contribution in [3.63, 3.8) is 0 Å². The van der Waals surface area contributed by atoms with E-state index in [0.29, 0.717) is 18.6 Å². The fourth-order valence-corrected chi connectivity index (χ4v) is 4.11. The van der Waals surface area contributed by atoms with Crippen LogP contribution in [0.2, 0.25) is 0 Å². The van der Waals surface area contributed by atoms with Gasteiger partial charge in [0.2, 0.25) is 0 Å². The van der Waals surface area contributed by atoms with Gasteiger partial charge in [0.15, 0.2) is 5.96 Å². The van der Waals surface area contributed by atoms with Crippen molar-refractivity contribution < 1.29 is 17.6 Å². The molecule has 1 aromatic heterocycles. The van der Waals surface area contributed by atoms with Crippen molar-refractivity contribution in [3.8, 4) is 0 Å². The average Bonchev–Trinajstić information content (AvgIpc) is 3.21. The number of halogens is 5. The normalized spacial score (nSPS) is 15.6. The summed E-state index contributed by atoms with van der Waals surface area (Å²) in [6.07, 6.45) is -2.80. The zero-order valence-corrected chi connectivity index (χ0v) is 19.7. The minimum Gasteiger partial charge on any atom is -0.363 e. The first-order chi connectivity index (χ1) is 13.9. The summed E-state index contributed by atoms with van der Waals surface area (Å²) in [6.45, 7) is 4.13. The van der Waals surface area contributed by atoms with Gasteiger partial charge >= 0.3 is 6.18 Å². The molecular formula is C20H25F4IN4S. The Morgan fingerprint density at radius 1 is 1.23 bits per heavy atom.